The number of carbonyl (C=O) groups is 1. The number of likely N-dealkylation sites (tertiary alicyclic amines) is 1. The van der Waals surface area contributed by atoms with E-state index < -0.39 is 15.3 Å². The highest BCUT2D eigenvalue weighted by Gasteiger charge is 2.48. The number of carbonyl (C=O) groups excluding carboxylic acids is 1. The highest BCUT2D eigenvalue weighted by Crippen LogP contribution is 2.45. The van der Waals surface area contributed by atoms with Crippen LogP contribution < -0.4 is 10.1 Å². The molecule has 1 spiro atoms. The maximum atomic E-state index is 12.7. The van der Waals surface area contributed by atoms with Crippen molar-refractivity contribution in [3.05, 3.63) is 53.6 Å². The van der Waals surface area contributed by atoms with Gasteiger partial charge in [0.15, 0.2) is 9.84 Å². The lowest BCUT2D eigenvalue weighted by Gasteiger charge is -2.37. The van der Waals surface area contributed by atoms with Gasteiger partial charge in [-0.05, 0) is 74.0 Å². The van der Waals surface area contributed by atoms with Gasteiger partial charge in [-0.25, -0.2) is 8.42 Å². The number of piperidine rings is 1. The van der Waals surface area contributed by atoms with E-state index in [0.717, 1.165) is 30.9 Å². The monoisotopic (exact) mass is 425 g/mol. The van der Waals surface area contributed by atoms with Crippen molar-refractivity contribution < 1.29 is 17.9 Å². The van der Waals surface area contributed by atoms with Gasteiger partial charge in [-0.15, -0.1) is 0 Å². The zero-order valence-corrected chi connectivity index (χ0v) is 17.5. The van der Waals surface area contributed by atoms with E-state index in [1.807, 2.05) is 12.1 Å². The highest BCUT2D eigenvalue weighted by molar-refractivity contribution is 7.90. The standard InChI is InChI=1S/C22H23N3O4S/c1-30(27,28)18-5-3-17(4-6-18)29-13-12-25-10-8-22(9-11-25)19-14-16(15-23)2-7-20(19)24-21(22)26/h2-7,14H,8-13H2,1H3,(H,24,26). The lowest BCUT2D eigenvalue weighted by molar-refractivity contribution is -0.122. The number of rotatable bonds is 5. The number of nitrogens with zero attached hydrogens (tertiary/aromatic N) is 2. The Morgan fingerprint density at radius 3 is 2.50 bits per heavy atom. The molecule has 2 aromatic carbocycles. The van der Waals surface area contributed by atoms with Gasteiger partial charge in [-0.3, -0.25) is 9.69 Å². The molecule has 0 aliphatic carbocycles. The minimum atomic E-state index is -3.21. The van der Waals surface area contributed by atoms with Crippen molar-refractivity contribution in [2.75, 3.05) is 37.8 Å². The van der Waals surface area contributed by atoms with Crippen LogP contribution in [0.4, 0.5) is 5.69 Å². The first-order valence-corrected chi connectivity index (χ1v) is 11.7. The molecule has 2 heterocycles. The van der Waals surface area contributed by atoms with Crippen molar-refractivity contribution >= 4 is 21.4 Å². The average molecular weight is 426 g/mol. The molecule has 2 aliphatic heterocycles. The lowest BCUT2D eigenvalue weighted by atomic mass is 9.73. The van der Waals surface area contributed by atoms with Gasteiger partial charge in [0.1, 0.15) is 12.4 Å². The van der Waals surface area contributed by atoms with Gasteiger partial charge in [0.05, 0.1) is 21.9 Å². The summed E-state index contributed by atoms with van der Waals surface area (Å²) in [4.78, 5) is 15.3. The Balaban J connectivity index is 1.34. The highest BCUT2D eigenvalue weighted by atomic mass is 32.2. The SMILES string of the molecule is CS(=O)(=O)c1ccc(OCCN2CCC3(CC2)C(=O)Nc2ccc(C#N)cc23)cc1. The topological polar surface area (TPSA) is 99.5 Å². The van der Waals surface area contributed by atoms with Crippen molar-refractivity contribution in [1.29, 1.82) is 5.26 Å². The predicted octanol–water partition coefficient (Wildman–Crippen LogP) is 2.33. The normalized spacial score (nSPS) is 17.9. The first-order chi connectivity index (χ1) is 14.3. The van der Waals surface area contributed by atoms with E-state index in [1.165, 1.54) is 6.26 Å². The quantitative estimate of drug-likeness (QED) is 0.789. The van der Waals surface area contributed by atoms with E-state index in [-0.39, 0.29) is 10.8 Å². The van der Waals surface area contributed by atoms with Gasteiger partial charge in [0.2, 0.25) is 5.91 Å². The summed E-state index contributed by atoms with van der Waals surface area (Å²) in [6.07, 6.45) is 2.57. The number of amides is 1. The van der Waals surface area contributed by atoms with Crippen LogP contribution in [-0.2, 0) is 20.0 Å². The second-order valence-corrected chi connectivity index (χ2v) is 9.86. The Labute approximate surface area is 176 Å². The fraction of sp³-hybridized carbons (Fsp3) is 0.364. The van der Waals surface area contributed by atoms with Crippen molar-refractivity contribution in [2.24, 2.45) is 0 Å². The average Bonchev–Trinajstić information content (AvgIpc) is 3.00. The Hall–Kier alpha value is -2.89. The molecule has 7 nitrogen and oxygen atoms in total. The number of sulfone groups is 1. The first kappa shape index (κ1) is 20.4. The molecule has 0 aromatic heterocycles. The molecule has 30 heavy (non-hydrogen) atoms. The molecule has 1 amide bonds. The summed E-state index contributed by atoms with van der Waals surface area (Å²) in [6.45, 7) is 2.73. The van der Waals surface area contributed by atoms with Gasteiger partial charge < -0.3 is 10.1 Å². The summed E-state index contributed by atoms with van der Waals surface area (Å²) in [5.41, 5.74) is 1.77. The number of benzene rings is 2. The van der Waals surface area contributed by atoms with Crippen molar-refractivity contribution in [3.8, 4) is 11.8 Å². The molecule has 1 N–H and O–H groups in total. The minimum Gasteiger partial charge on any atom is -0.492 e. The molecule has 0 unspecified atom stereocenters. The number of anilines is 1. The molecule has 156 valence electrons. The minimum absolute atomic E-state index is 0.0226. The van der Waals surface area contributed by atoms with Gasteiger partial charge in [-0.1, -0.05) is 0 Å². The number of nitriles is 1. The number of hydrogen-bond acceptors (Lipinski definition) is 6. The summed E-state index contributed by atoms with van der Waals surface area (Å²) in [5.74, 6) is 0.651. The molecule has 1 saturated heterocycles. The molecular weight excluding hydrogens is 402 g/mol. The second kappa shape index (κ2) is 7.74. The molecular formula is C22H23N3O4S. The van der Waals surface area contributed by atoms with Crippen molar-refractivity contribution in [1.82, 2.24) is 4.90 Å². The molecule has 0 radical (unpaired) electrons. The van der Waals surface area contributed by atoms with E-state index >= 15 is 0 Å². The van der Waals surface area contributed by atoms with Crippen molar-refractivity contribution in [2.45, 2.75) is 23.2 Å². The molecule has 2 aliphatic rings. The predicted molar refractivity (Wildman–Crippen MR) is 112 cm³/mol. The number of ether oxygens (including phenoxy) is 1. The lowest BCUT2D eigenvalue weighted by Crippen LogP contribution is -2.47. The van der Waals surface area contributed by atoms with Gasteiger partial charge >= 0.3 is 0 Å². The van der Waals surface area contributed by atoms with Gasteiger partial charge in [-0.2, -0.15) is 5.26 Å². The molecule has 0 saturated carbocycles. The van der Waals surface area contributed by atoms with Crippen LogP contribution in [0.5, 0.6) is 5.75 Å². The maximum Gasteiger partial charge on any atom is 0.235 e. The largest absolute Gasteiger partial charge is 0.492 e. The first-order valence-electron chi connectivity index (χ1n) is 9.83. The molecule has 8 heteroatoms. The second-order valence-electron chi connectivity index (χ2n) is 7.84. The summed E-state index contributed by atoms with van der Waals surface area (Å²) in [5, 5.41) is 12.2. The molecule has 0 bridgehead atoms. The van der Waals surface area contributed by atoms with Gasteiger partial charge in [0, 0.05) is 18.5 Å². The van der Waals surface area contributed by atoms with E-state index in [4.69, 9.17) is 4.74 Å². The zero-order valence-electron chi connectivity index (χ0n) is 16.7. The summed E-state index contributed by atoms with van der Waals surface area (Å²) in [7, 11) is -3.21. The zero-order chi connectivity index (χ0) is 21.4. The molecule has 2 aromatic rings. The number of hydrogen-bond donors (Lipinski definition) is 1. The van der Waals surface area contributed by atoms with Crippen molar-refractivity contribution in [3.63, 3.8) is 0 Å². The van der Waals surface area contributed by atoms with E-state index in [2.05, 4.69) is 16.3 Å². The number of fused-ring (bicyclic) bond motifs is 2. The molecule has 4 rings (SSSR count). The number of nitrogens with one attached hydrogen (secondary N) is 1. The smallest absolute Gasteiger partial charge is 0.235 e. The van der Waals surface area contributed by atoms with Crippen LogP contribution in [0.25, 0.3) is 0 Å². The van der Waals surface area contributed by atoms with Crippen LogP contribution in [0.15, 0.2) is 47.4 Å². The summed E-state index contributed by atoms with van der Waals surface area (Å²) >= 11 is 0. The van der Waals surface area contributed by atoms with Crippen LogP contribution in [-0.4, -0.2) is 51.7 Å². The molecule has 0 atom stereocenters. The van der Waals surface area contributed by atoms with E-state index in [9.17, 15) is 18.5 Å². The van der Waals surface area contributed by atoms with Crippen LogP contribution in [0.1, 0.15) is 24.0 Å². The third kappa shape index (κ3) is 3.78. The Kier molecular flexibility index (Phi) is 5.26. The Bertz CT molecular complexity index is 1110. The Morgan fingerprint density at radius 1 is 1.17 bits per heavy atom. The van der Waals surface area contributed by atoms with Crippen LogP contribution in [0.3, 0.4) is 0 Å². The van der Waals surface area contributed by atoms with Crippen LogP contribution >= 0.6 is 0 Å². The third-order valence-corrected chi connectivity index (χ3v) is 7.11. The fourth-order valence-corrected chi connectivity index (χ4v) is 4.84. The summed E-state index contributed by atoms with van der Waals surface area (Å²) < 4.78 is 28.8. The Morgan fingerprint density at radius 2 is 1.87 bits per heavy atom. The van der Waals surface area contributed by atoms with Crippen LogP contribution in [0.2, 0.25) is 0 Å². The van der Waals surface area contributed by atoms with E-state index in [1.54, 1.807) is 30.3 Å². The fourth-order valence-electron chi connectivity index (χ4n) is 4.21. The third-order valence-electron chi connectivity index (χ3n) is 5.98. The summed E-state index contributed by atoms with van der Waals surface area (Å²) in [6, 6.07) is 13.9. The van der Waals surface area contributed by atoms with Gasteiger partial charge in [0.25, 0.3) is 0 Å². The van der Waals surface area contributed by atoms with E-state index in [0.29, 0.717) is 30.8 Å². The van der Waals surface area contributed by atoms with Crippen LogP contribution in [0, 0.1) is 11.3 Å². The maximum absolute atomic E-state index is 12.7. The molecule has 1 fully saturated rings.